The molecule has 0 heterocycles. The van der Waals surface area contributed by atoms with Crippen molar-refractivity contribution >= 4 is 18.4 Å². The summed E-state index contributed by atoms with van der Waals surface area (Å²) in [7, 11) is 0. The average Bonchev–Trinajstić information content (AvgIpc) is 2.45. The second kappa shape index (κ2) is 10.7. The summed E-state index contributed by atoms with van der Waals surface area (Å²) < 4.78 is 11.4. The van der Waals surface area contributed by atoms with Crippen molar-refractivity contribution in [3.8, 4) is 5.75 Å². The molecule has 0 bridgehead atoms. The van der Waals surface area contributed by atoms with Gasteiger partial charge in [-0.05, 0) is 35.3 Å². The van der Waals surface area contributed by atoms with E-state index in [1.54, 1.807) is 6.92 Å². The molecule has 0 aliphatic rings. The molecule has 0 saturated heterocycles. The minimum absolute atomic E-state index is 0. The second-order valence-corrected chi connectivity index (χ2v) is 7.43. The number of esters is 1. The Morgan fingerprint density at radius 2 is 1.48 bits per heavy atom. The van der Waals surface area contributed by atoms with Crippen molar-refractivity contribution in [2.45, 2.75) is 79.1 Å². The Labute approximate surface area is 158 Å². The molecule has 0 amide bonds. The Kier molecular flexibility index (Phi) is 10.1. The first-order chi connectivity index (χ1) is 11.1. The van der Waals surface area contributed by atoms with Crippen molar-refractivity contribution in [2.24, 2.45) is 11.7 Å². The molecule has 0 aromatic heterocycles. The largest absolute Gasteiger partial charge is 0.454 e. The first-order valence-electron chi connectivity index (χ1n) is 8.89. The van der Waals surface area contributed by atoms with Crippen molar-refractivity contribution in [1.82, 2.24) is 0 Å². The lowest BCUT2D eigenvalue weighted by atomic mass is 9.94. The molecule has 0 aliphatic heterocycles. The molecule has 0 fully saturated rings. The van der Waals surface area contributed by atoms with Crippen molar-refractivity contribution in [1.29, 1.82) is 0 Å². The van der Waals surface area contributed by atoms with Crippen LogP contribution in [-0.4, -0.2) is 18.3 Å². The predicted molar refractivity (Wildman–Crippen MR) is 105 cm³/mol. The van der Waals surface area contributed by atoms with Crippen LogP contribution in [0.5, 0.6) is 5.75 Å². The van der Waals surface area contributed by atoms with Crippen molar-refractivity contribution in [2.75, 3.05) is 0 Å². The van der Waals surface area contributed by atoms with E-state index in [2.05, 4.69) is 39.8 Å². The summed E-state index contributed by atoms with van der Waals surface area (Å²) in [6.07, 6.45) is -0.0705. The number of halogens is 1. The summed E-state index contributed by atoms with van der Waals surface area (Å²) in [6.45, 7) is 14.3. The molecule has 0 spiro atoms. The third-order valence-corrected chi connectivity index (χ3v) is 3.91. The molecule has 1 aromatic carbocycles. The SMILES string of the molecule is CC(C)CC(N)C(=O)OC(C)Oc1c(C(C)C)cccc1C(C)C.Cl. The van der Waals surface area contributed by atoms with Crippen LogP contribution in [0, 0.1) is 5.92 Å². The van der Waals surface area contributed by atoms with Crippen LogP contribution in [0.1, 0.15) is 77.8 Å². The summed E-state index contributed by atoms with van der Waals surface area (Å²) in [4.78, 5) is 12.1. The zero-order chi connectivity index (χ0) is 18.4. The van der Waals surface area contributed by atoms with Gasteiger partial charge >= 0.3 is 5.97 Å². The van der Waals surface area contributed by atoms with Gasteiger partial charge < -0.3 is 15.2 Å². The Hall–Kier alpha value is -1.26. The van der Waals surface area contributed by atoms with Crippen LogP contribution in [-0.2, 0) is 9.53 Å². The molecular weight excluding hydrogens is 338 g/mol. The standard InChI is InChI=1S/C20H33NO3.ClH/c1-12(2)11-18(21)20(22)24-15(7)23-19-16(13(3)4)9-8-10-17(19)14(5)6;/h8-10,12-15,18H,11,21H2,1-7H3;1H. The number of para-hydroxylation sites is 1. The number of carbonyl (C=O) groups is 1. The van der Waals surface area contributed by atoms with E-state index in [1.807, 2.05) is 19.9 Å². The lowest BCUT2D eigenvalue weighted by Crippen LogP contribution is -2.36. The normalized spacial score (nSPS) is 13.6. The zero-order valence-electron chi connectivity index (χ0n) is 16.5. The molecule has 0 aliphatic carbocycles. The molecule has 2 atom stereocenters. The first-order valence-corrected chi connectivity index (χ1v) is 8.89. The Morgan fingerprint density at radius 1 is 1.00 bits per heavy atom. The van der Waals surface area contributed by atoms with Gasteiger partial charge in [0.25, 0.3) is 0 Å². The smallest absolute Gasteiger partial charge is 0.325 e. The summed E-state index contributed by atoms with van der Waals surface area (Å²) >= 11 is 0. The number of carbonyl (C=O) groups excluding carboxylic acids is 1. The van der Waals surface area contributed by atoms with E-state index in [-0.39, 0.29) is 12.4 Å². The topological polar surface area (TPSA) is 61.6 Å². The van der Waals surface area contributed by atoms with Gasteiger partial charge in [0.15, 0.2) is 0 Å². The summed E-state index contributed by atoms with van der Waals surface area (Å²) in [5.41, 5.74) is 8.13. The minimum Gasteiger partial charge on any atom is -0.454 e. The van der Waals surface area contributed by atoms with Gasteiger partial charge in [-0.1, -0.05) is 59.7 Å². The molecule has 1 rings (SSSR count). The molecule has 4 nitrogen and oxygen atoms in total. The van der Waals surface area contributed by atoms with Gasteiger partial charge in [0.05, 0.1) is 0 Å². The van der Waals surface area contributed by atoms with E-state index in [4.69, 9.17) is 15.2 Å². The maximum absolute atomic E-state index is 12.1. The summed E-state index contributed by atoms with van der Waals surface area (Å²) in [5.74, 6) is 1.40. The highest BCUT2D eigenvalue weighted by Crippen LogP contribution is 2.35. The van der Waals surface area contributed by atoms with Gasteiger partial charge in [-0.3, -0.25) is 4.79 Å². The Morgan fingerprint density at radius 3 is 1.88 bits per heavy atom. The van der Waals surface area contributed by atoms with Crippen LogP contribution < -0.4 is 10.5 Å². The van der Waals surface area contributed by atoms with Gasteiger partial charge in [-0.15, -0.1) is 12.4 Å². The van der Waals surface area contributed by atoms with Crippen LogP contribution in [0.15, 0.2) is 18.2 Å². The maximum atomic E-state index is 12.1. The molecule has 2 unspecified atom stereocenters. The van der Waals surface area contributed by atoms with Gasteiger partial charge in [0, 0.05) is 6.92 Å². The van der Waals surface area contributed by atoms with Crippen molar-refractivity contribution < 1.29 is 14.3 Å². The van der Waals surface area contributed by atoms with Crippen LogP contribution in [0.2, 0.25) is 0 Å². The maximum Gasteiger partial charge on any atom is 0.325 e. The molecular formula is C20H34ClNO3. The van der Waals surface area contributed by atoms with E-state index < -0.39 is 18.3 Å². The number of benzene rings is 1. The predicted octanol–water partition coefficient (Wildman–Crippen LogP) is 5.00. The number of nitrogens with two attached hydrogens (primary N) is 1. The fraction of sp³-hybridized carbons (Fsp3) is 0.650. The van der Waals surface area contributed by atoms with Crippen molar-refractivity contribution in [3.05, 3.63) is 29.3 Å². The molecule has 5 heteroatoms. The van der Waals surface area contributed by atoms with Crippen LogP contribution >= 0.6 is 12.4 Å². The summed E-state index contributed by atoms with van der Waals surface area (Å²) in [5, 5.41) is 0. The Bertz CT molecular complexity index is 517. The lowest BCUT2D eigenvalue weighted by molar-refractivity contribution is -0.163. The van der Waals surface area contributed by atoms with Crippen LogP contribution in [0.25, 0.3) is 0 Å². The number of hydrogen-bond donors (Lipinski definition) is 1. The van der Waals surface area contributed by atoms with E-state index in [1.165, 1.54) is 0 Å². The zero-order valence-corrected chi connectivity index (χ0v) is 17.4. The number of hydrogen-bond acceptors (Lipinski definition) is 4. The van der Waals surface area contributed by atoms with Crippen LogP contribution in [0.4, 0.5) is 0 Å². The van der Waals surface area contributed by atoms with Crippen LogP contribution in [0.3, 0.4) is 0 Å². The van der Waals surface area contributed by atoms with E-state index in [0.717, 1.165) is 16.9 Å². The summed E-state index contributed by atoms with van der Waals surface area (Å²) in [6, 6.07) is 5.56. The second-order valence-electron chi connectivity index (χ2n) is 7.43. The molecule has 1 aromatic rings. The monoisotopic (exact) mass is 371 g/mol. The van der Waals surface area contributed by atoms with E-state index >= 15 is 0 Å². The number of rotatable bonds is 8. The minimum atomic E-state index is -0.673. The fourth-order valence-corrected chi connectivity index (χ4v) is 2.66. The highest BCUT2D eigenvalue weighted by atomic mass is 35.5. The molecule has 25 heavy (non-hydrogen) atoms. The molecule has 144 valence electrons. The molecule has 2 N–H and O–H groups in total. The quantitative estimate of drug-likeness (QED) is 0.516. The Balaban J connectivity index is 0.00000576. The van der Waals surface area contributed by atoms with Gasteiger partial charge in [0.2, 0.25) is 6.29 Å². The third kappa shape index (κ3) is 7.25. The lowest BCUT2D eigenvalue weighted by Gasteiger charge is -2.24. The highest BCUT2D eigenvalue weighted by molar-refractivity contribution is 5.85. The first kappa shape index (κ1) is 23.7. The fourth-order valence-electron chi connectivity index (χ4n) is 2.66. The van der Waals surface area contributed by atoms with Gasteiger partial charge in [0.1, 0.15) is 11.8 Å². The van der Waals surface area contributed by atoms with Gasteiger partial charge in [-0.2, -0.15) is 0 Å². The average molecular weight is 372 g/mol. The van der Waals surface area contributed by atoms with E-state index in [0.29, 0.717) is 24.2 Å². The van der Waals surface area contributed by atoms with E-state index in [9.17, 15) is 4.79 Å². The van der Waals surface area contributed by atoms with Crippen molar-refractivity contribution in [3.63, 3.8) is 0 Å². The number of ether oxygens (including phenoxy) is 2. The van der Waals surface area contributed by atoms with Gasteiger partial charge in [-0.25, -0.2) is 0 Å². The third-order valence-electron chi connectivity index (χ3n) is 3.91. The highest BCUT2D eigenvalue weighted by Gasteiger charge is 2.22. The molecule has 0 saturated carbocycles. The molecule has 0 radical (unpaired) electrons.